The molecule has 0 unspecified atom stereocenters. The Kier molecular flexibility index (Phi) is 6.54. The number of pyridine rings is 1. The van der Waals surface area contributed by atoms with E-state index in [0.29, 0.717) is 6.54 Å². The molecule has 0 spiro atoms. The highest BCUT2D eigenvalue weighted by atomic mass is 16.6. The molecule has 3 N–H and O–H groups in total. The molecule has 1 rings (SSSR count). The van der Waals surface area contributed by atoms with Crippen LogP contribution < -0.4 is 11.1 Å². The van der Waals surface area contributed by atoms with E-state index in [9.17, 15) is 14.9 Å². The van der Waals surface area contributed by atoms with Gasteiger partial charge >= 0.3 is 0 Å². The highest BCUT2D eigenvalue weighted by Crippen LogP contribution is 2.18. The van der Waals surface area contributed by atoms with Crippen molar-refractivity contribution in [3.8, 4) is 0 Å². The number of aromatic nitrogens is 1. The molecule has 21 heavy (non-hydrogen) atoms. The van der Waals surface area contributed by atoms with Gasteiger partial charge in [0, 0.05) is 6.54 Å². The lowest BCUT2D eigenvalue weighted by Crippen LogP contribution is -2.30. The normalized spacial score (nSPS) is 10.6. The van der Waals surface area contributed by atoms with Gasteiger partial charge < -0.3 is 16.0 Å². The first-order chi connectivity index (χ1) is 9.99. The standard InChI is InChI=1S/C13H21N5O3/c1-3-17(4-2)7-5-6-15-13(19)10-8-12(14)16-9-11(10)18(20)21/h8-9H,3-7H2,1-2H3,(H2,14,16)(H,15,19). The molecule has 8 heteroatoms. The summed E-state index contributed by atoms with van der Waals surface area (Å²) in [5.41, 5.74) is 5.07. The van der Waals surface area contributed by atoms with Crippen LogP contribution in [0.25, 0.3) is 0 Å². The summed E-state index contributed by atoms with van der Waals surface area (Å²) in [6, 6.07) is 1.22. The number of carbonyl (C=O) groups excluding carboxylic acids is 1. The highest BCUT2D eigenvalue weighted by molar-refractivity contribution is 5.98. The van der Waals surface area contributed by atoms with Crippen molar-refractivity contribution in [3.63, 3.8) is 0 Å². The largest absolute Gasteiger partial charge is 0.384 e. The van der Waals surface area contributed by atoms with E-state index in [1.807, 2.05) is 0 Å². The van der Waals surface area contributed by atoms with Crippen molar-refractivity contribution in [2.24, 2.45) is 0 Å². The number of nitrogens with two attached hydrogens (primary N) is 1. The van der Waals surface area contributed by atoms with Gasteiger partial charge in [0.25, 0.3) is 11.6 Å². The maximum absolute atomic E-state index is 12.0. The van der Waals surface area contributed by atoms with Crippen LogP contribution in [0.4, 0.5) is 11.5 Å². The number of rotatable bonds is 8. The smallest absolute Gasteiger partial charge is 0.300 e. The van der Waals surface area contributed by atoms with Crippen molar-refractivity contribution in [2.75, 3.05) is 31.9 Å². The molecule has 1 amide bonds. The van der Waals surface area contributed by atoms with Crippen LogP contribution in [0.3, 0.4) is 0 Å². The zero-order valence-electron chi connectivity index (χ0n) is 12.3. The van der Waals surface area contributed by atoms with Gasteiger partial charge in [0.05, 0.1) is 4.92 Å². The number of nitrogens with zero attached hydrogens (tertiary/aromatic N) is 3. The second-order valence-corrected chi connectivity index (χ2v) is 4.52. The second-order valence-electron chi connectivity index (χ2n) is 4.52. The highest BCUT2D eigenvalue weighted by Gasteiger charge is 2.20. The molecule has 0 bridgehead atoms. The molecule has 1 aromatic rings. The molecule has 116 valence electrons. The summed E-state index contributed by atoms with van der Waals surface area (Å²) in [5.74, 6) is -0.427. The maximum Gasteiger partial charge on any atom is 0.300 e. The molecule has 0 aliphatic carbocycles. The van der Waals surface area contributed by atoms with Crippen molar-refractivity contribution < 1.29 is 9.72 Å². The van der Waals surface area contributed by atoms with Gasteiger partial charge in [-0.1, -0.05) is 13.8 Å². The fraction of sp³-hybridized carbons (Fsp3) is 0.538. The predicted octanol–water partition coefficient (Wildman–Crippen LogP) is 1.03. The Morgan fingerprint density at radius 3 is 2.71 bits per heavy atom. The summed E-state index contributed by atoms with van der Waals surface area (Å²) in [6.07, 6.45) is 1.78. The number of nitrogens with one attached hydrogen (secondary N) is 1. The van der Waals surface area contributed by atoms with E-state index in [1.54, 1.807) is 0 Å². The molecule has 0 atom stereocenters. The lowest BCUT2D eigenvalue weighted by Gasteiger charge is -2.17. The number of hydrogen-bond donors (Lipinski definition) is 2. The first-order valence-electron chi connectivity index (χ1n) is 6.90. The fourth-order valence-electron chi connectivity index (χ4n) is 1.93. The monoisotopic (exact) mass is 295 g/mol. The zero-order valence-corrected chi connectivity index (χ0v) is 12.3. The van der Waals surface area contributed by atoms with Crippen LogP contribution in [-0.2, 0) is 0 Å². The van der Waals surface area contributed by atoms with Crippen molar-refractivity contribution >= 4 is 17.4 Å². The Bertz CT molecular complexity index is 503. The minimum Gasteiger partial charge on any atom is -0.384 e. The minimum atomic E-state index is -0.642. The Morgan fingerprint density at radius 1 is 1.48 bits per heavy atom. The molecule has 0 aliphatic rings. The number of hydrogen-bond acceptors (Lipinski definition) is 6. The van der Waals surface area contributed by atoms with Crippen LogP contribution in [0.5, 0.6) is 0 Å². The molecule has 1 heterocycles. The van der Waals surface area contributed by atoms with E-state index < -0.39 is 10.8 Å². The van der Waals surface area contributed by atoms with E-state index in [0.717, 1.165) is 32.3 Å². The van der Waals surface area contributed by atoms with E-state index in [1.165, 1.54) is 6.07 Å². The summed E-state index contributed by atoms with van der Waals surface area (Å²) in [7, 11) is 0. The number of carbonyl (C=O) groups is 1. The third-order valence-electron chi connectivity index (χ3n) is 3.18. The van der Waals surface area contributed by atoms with Gasteiger partial charge in [0.15, 0.2) is 0 Å². The van der Waals surface area contributed by atoms with Crippen LogP contribution >= 0.6 is 0 Å². The van der Waals surface area contributed by atoms with Gasteiger partial charge in [0.2, 0.25) is 0 Å². The van der Waals surface area contributed by atoms with Crippen molar-refractivity contribution in [1.82, 2.24) is 15.2 Å². The third-order valence-corrected chi connectivity index (χ3v) is 3.18. The molecule has 0 saturated carbocycles. The zero-order chi connectivity index (χ0) is 15.8. The van der Waals surface area contributed by atoms with Gasteiger partial charge in [-0.2, -0.15) is 0 Å². The van der Waals surface area contributed by atoms with Crippen LogP contribution in [0.1, 0.15) is 30.6 Å². The number of anilines is 1. The number of nitro groups is 1. The summed E-state index contributed by atoms with van der Waals surface area (Å²) in [4.78, 5) is 28.1. The molecule has 0 aromatic carbocycles. The van der Waals surface area contributed by atoms with E-state index in [4.69, 9.17) is 5.73 Å². The van der Waals surface area contributed by atoms with Crippen molar-refractivity contribution in [3.05, 3.63) is 27.9 Å². The fourth-order valence-corrected chi connectivity index (χ4v) is 1.93. The summed E-state index contributed by atoms with van der Waals surface area (Å²) >= 11 is 0. The van der Waals surface area contributed by atoms with E-state index in [2.05, 4.69) is 29.0 Å². The quantitative estimate of drug-likeness (QED) is 0.420. The maximum atomic E-state index is 12.0. The number of nitrogen functional groups attached to an aromatic ring is 1. The van der Waals surface area contributed by atoms with Crippen LogP contribution in [0.2, 0.25) is 0 Å². The summed E-state index contributed by atoms with van der Waals surface area (Å²) < 4.78 is 0. The van der Waals surface area contributed by atoms with Gasteiger partial charge in [-0.3, -0.25) is 14.9 Å². The van der Waals surface area contributed by atoms with E-state index in [-0.39, 0.29) is 17.1 Å². The molecule has 0 radical (unpaired) electrons. The first kappa shape index (κ1) is 16.8. The van der Waals surface area contributed by atoms with Crippen molar-refractivity contribution in [1.29, 1.82) is 0 Å². The molecule has 0 saturated heterocycles. The van der Waals surface area contributed by atoms with Gasteiger partial charge in [0.1, 0.15) is 17.6 Å². The average molecular weight is 295 g/mol. The van der Waals surface area contributed by atoms with Crippen molar-refractivity contribution in [2.45, 2.75) is 20.3 Å². The van der Waals surface area contributed by atoms with Gasteiger partial charge in [-0.25, -0.2) is 4.98 Å². The Morgan fingerprint density at radius 2 is 2.14 bits per heavy atom. The predicted molar refractivity (Wildman–Crippen MR) is 80.0 cm³/mol. The molecular formula is C13H21N5O3. The molecular weight excluding hydrogens is 274 g/mol. The molecule has 0 fully saturated rings. The summed E-state index contributed by atoms with van der Waals surface area (Å²) in [6.45, 7) is 7.38. The van der Waals surface area contributed by atoms with Crippen LogP contribution in [0.15, 0.2) is 12.3 Å². The molecule has 8 nitrogen and oxygen atoms in total. The topological polar surface area (TPSA) is 114 Å². The average Bonchev–Trinajstić information content (AvgIpc) is 2.46. The Balaban J connectivity index is 2.60. The first-order valence-corrected chi connectivity index (χ1v) is 6.90. The lowest BCUT2D eigenvalue weighted by molar-refractivity contribution is -0.385. The summed E-state index contributed by atoms with van der Waals surface area (Å²) in [5, 5.41) is 13.5. The SMILES string of the molecule is CCN(CC)CCCNC(=O)c1cc(N)ncc1[N+](=O)[O-]. The number of amides is 1. The Hall–Kier alpha value is -2.22. The van der Waals surface area contributed by atoms with Gasteiger partial charge in [-0.15, -0.1) is 0 Å². The molecule has 0 aliphatic heterocycles. The van der Waals surface area contributed by atoms with E-state index >= 15 is 0 Å². The minimum absolute atomic E-state index is 0.0599. The third kappa shape index (κ3) is 4.99. The molecule has 1 aromatic heterocycles. The Labute approximate surface area is 123 Å². The lowest BCUT2D eigenvalue weighted by atomic mass is 10.2. The van der Waals surface area contributed by atoms with Gasteiger partial charge in [-0.05, 0) is 32.1 Å². The van der Waals surface area contributed by atoms with Crippen LogP contribution in [0, 0.1) is 10.1 Å². The second kappa shape index (κ2) is 8.15. The van der Waals surface area contributed by atoms with Crippen LogP contribution in [-0.4, -0.2) is 46.9 Å².